The van der Waals surface area contributed by atoms with E-state index in [1.165, 1.54) is 11.8 Å². The molecule has 2 aromatic heterocycles. The first-order chi connectivity index (χ1) is 10.3. The van der Waals surface area contributed by atoms with Crippen molar-refractivity contribution in [3.8, 4) is 11.4 Å². The highest BCUT2D eigenvalue weighted by atomic mass is 32.2. The van der Waals surface area contributed by atoms with Crippen LogP contribution in [0.3, 0.4) is 0 Å². The molecule has 0 unspecified atom stereocenters. The quantitative estimate of drug-likeness (QED) is 0.599. The van der Waals surface area contributed by atoms with Gasteiger partial charge in [0.1, 0.15) is 11.5 Å². The number of Topliss-reactive ketones (excluding diaryl/α,β-unsaturated/α-hetero) is 1. The number of carbonyl (C=O) groups excluding carboxylic acids is 1. The Labute approximate surface area is 134 Å². The highest BCUT2D eigenvalue weighted by Gasteiger charge is 2.23. The molecule has 0 aliphatic rings. The zero-order valence-corrected chi connectivity index (χ0v) is 14.2. The Bertz CT molecular complexity index is 680. The summed E-state index contributed by atoms with van der Waals surface area (Å²) in [6.07, 6.45) is 3.42. The number of thioether (sulfide) groups is 1. The van der Waals surface area contributed by atoms with Gasteiger partial charge in [-0.25, -0.2) is 0 Å². The lowest BCUT2D eigenvalue weighted by Crippen LogP contribution is -2.22. The lowest BCUT2D eigenvalue weighted by molar-refractivity contribution is -0.123. The summed E-state index contributed by atoms with van der Waals surface area (Å²) in [7, 11) is 0. The van der Waals surface area contributed by atoms with Crippen LogP contribution in [0, 0.1) is 12.3 Å². The summed E-state index contributed by atoms with van der Waals surface area (Å²) in [5, 5.41) is 9.19. The number of furan rings is 1. The molecule has 2 heterocycles. The van der Waals surface area contributed by atoms with Gasteiger partial charge < -0.3 is 4.42 Å². The van der Waals surface area contributed by atoms with Crippen LogP contribution in [0.25, 0.3) is 11.4 Å². The van der Waals surface area contributed by atoms with E-state index in [2.05, 4.69) is 16.8 Å². The van der Waals surface area contributed by atoms with Crippen molar-refractivity contribution in [2.75, 3.05) is 5.75 Å². The third kappa shape index (κ3) is 3.50. The molecule has 118 valence electrons. The molecule has 0 saturated carbocycles. The second-order valence-corrected chi connectivity index (χ2v) is 7.00. The Morgan fingerprint density at radius 2 is 2.18 bits per heavy atom. The van der Waals surface area contributed by atoms with Crippen molar-refractivity contribution in [2.45, 2.75) is 39.4 Å². The maximum atomic E-state index is 12.1. The second kappa shape index (κ2) is 6.52. The maximum absolute atomic E-state index is 12.1. The molecule has 0 bridgehead atoms. The summed E-state index contributed by atoms with van der Waals surface area (Å²) in [5.41, 5.74) is 0.559. The molecule has 0 aliphatic heterocycles. The van der Waals surface area contributed by atoms with Gasteiger partial charge in [-0.1, -0.05) is 38.6 Å². The van der Waals surface area contributed by atoms with Gasteiger partial charge in [-0.05, 0) is 13.0 Å². The zero-order valence-electron chi connectivity index (χ0n) is 13.4. The molecular formula is C16H21N3O2S. The fraction of sp³-hybridized carbons (Fsp3) is 0.438. The minimum atomic E-state index is -0.347. The van der Waals surface area contributed by atoms with Crippen LogP contribution in [-0.4, -0.2) is 26.3 Å². The normalized spacial score (nSPS) is 11.6. The SMILES string of the molecule is C=CCn1c(SCC(=O)C(C)(C)C)nnc1-c1ccoc1C. The van der Waals surface area contributed by atoms with Crippen LogP contribution in [0.2, 0.25) is 0 Å². The van der Waals surface area contributed by atoms with Crippen LogP contribution in [-0.2, 0) is 11.3 Å². The molecule has 5 nitrogen and oxygen atoms in total. The molecule has 2 aromatic rings. The fourth-order valence-electron chi connectivity index (χ4n) is 1.85. The van der Waals surface area contributed by atoms with E-state index in [-0.39, 0.29) is 11.2 Å². The topological polar surface area (TPSA) is 60.9 Å². The first-order valence-corrected chi connectivity index (χ1v) is 8.08. The second-order valence-electron chi connectivity index (χ2n) is 6.06. The standard InChI is InChI=1S/C16H21N3O2S/c1-6-8-19-14(12-7-9-21-11(12)2)17-18-15(19)22-10-13(20)16(3,4)5/h6-7,9H,1,8,10H2,2-5H3. The van der Waals surface area contributed by atoms with Crippen molar-refractivity contribution in [3.63, 3.8) is 0 Å². The van der Waals surface area contributed by atoms with Crippen molar-refractivity contribution in [1.29, 1.82) is 0 Å². The zero-order chi connectivity index (χ0) is 16.3. The number of carbonyl (C=O) groups is 1. The molecule has 0 amide bonds. The van der Waals surface area contributed by atoms with E-state index < -0.39 is 0 Å². The van der Waals surface area contributed by atoms with Gasteiger partial charge in [0.2, 0.25) is 0 Å². The van der Waals surface area contributed by atoms with E-state index in [4.69, 9.17) is 4.42 Å². The third-order valence-corrected chi connectivity index (χ3v) is 4.26. The molecule has 0 radical (unpaired) electrons. The molecule has 0 fully saturated rings. The Hall–Kier alpha value is -1.82. The molecular weight excluding hydrogens is 298 g/mol. The van der Waals surface area contributed by atoms with Gasteiger partial charge in [0.05, 0.1) is 17.6 Å². The lowest BCUT2D eigenvalue weighted by Gasteiger charge is -2.15. The van der Waals surface area contributed by atoms with Gasteiger partial charge in [0.25, 0.3) is 0 Å². The monoisotopic (exact) mass is 319 g/mol. The molecule has 22 heavy (non-hydrogen) atoms. The van der Waals surface area contributed by atoms with Crippen molar-refractivity contribution < 1.29 is 9.21 Å². The summed E-state index contributed by atoms with van der Waals surface area (Å²) >= 11 is 1.41. The minimum absolute atomic E-state index is 0.187. The summed E-state index contributed by atoms with van der Waals surface area (Å²) < 4.78 is 7.29. The smallest absolute Gasteiger partial charge is 0.192 e. The number of aryl methyl sites for hydroxylation is 1. The van der Waals surface area contributed by atoms with Crippen LogP contribution in [0.5, 0.6) is 0 Å². The highest BCUT2D eigenvalue weighted by Crippen LogP contribution is 2.28. The van der Waals surface area contributed by atoms with Crippen LogP contribution >= 0.6 is 11.8 Å². The minimum Gasteiger partial charge on any atom is -0.469 e. The van der Waals surface area contributed by atoms with Gasteiger partial charge in [0.15, 0.2) is 11.0 Å². The van der Waals surface area contributed by atoms with E-state index in [1.807, 2.05) is 38.3 Å². The predicted molar refractivity (Wildman–Crippen MR) is 87.8 cm³/mol. The number of hydrogen-bond donors (Lipinski definition) is 0. The van der Waals surface area contributed by atoms with Gasteiger partial charge in [-0.2, -0.15) is 0 Å². The molecule has 0 atom stereocenters. The lowest BCUT2D eigenvalue weighted by atomic mass is 9.92. The Morgan fingerprint density at radius 3 is 2.73 bits per heavy atom. The molecule has 0 spiro atoms. The number of nitrogens with zero attached hydrogens (tertiary/aromatic N) is 3. The summed E-state index contributed by atoms with van der Waals surface area (Å²) in [4.78, 5) is 12.1. The van der Waals surface area contributed by atoms with E-state index in [9.17, 15) is 4.79 Å². The van der Waals surface area contributed by atoms with Gasteiger partial charge in [-0.15, -0.1) is 16.8 Å². The summed E-state index contributed by atoms with van der Waals surface area (Å²) in [6, 6.07) is 1.87. The molecule has 0 N–H and O–H groups in total. The Balaban J connectivity index is 2.26. The van der Waals surface area contributed by atoms with Gasteiger partial charge >= 0.3 is 0 Å². The Kier molecular flexibility index (Phi) is 4.90. The fourth-order valence-corrected chi connectivity index (χ4v) is 2.96. The van der Waals surface area contributed by atoms with E-state index in [0.717, 1.165) is 17.1 Å². The molecule has 6 heteroatoms. The average Bonchev–Trinajstić information content (AvgIpc) is 3.02. The average molecular weight is 319 g/mol. The number of aromatic nitrogens is 3. The predicted octanol–water partition coefficient (Wildman–Crippen LogP) is 3.74. The van der Waals surface area contributed by atoms with Crippen LogP contribution < -0.4 is 0 Å². The van der Waals surface area contributed by atoms with Crippen molar-refractivity contribution in [3.05, 3.63) is 30.7 Å². The van der Waals surface area contributed by atoms with Crippen LogP contribution in [0.1, 0.15) is 26.5 Å². The number of ketones is 1. The number of rotatable bonds is 6. The Morgan fingerprint density at radius 1 is 1.45 bits per heavy atom. The van der Waals surface area contributed by atoms with Gasteiger partial charge in [-0.3, -0.25) is 9.36 Å². The number of allylic oxidation sites excluding steroid dienone is 1. The summed E-state index contributed by atoms with van der Waals surface area (Å²) in [6.45, 7) is 12.0. The van der Waals surface area contributed by atoms with Gasteiger partial charge in [0, 0.05) is 12.0 Å². The first-order valence-electron chi connectivity index (χ1n) is 7.09. The maximum Gasteiger partial charge on any atom is 0.192 e. The van der Waals surface area contributed by atoms with Crippen molar-refractivity contribution in [2.24, 2.45) is 5.41 Å². The van der Waals surface area contributed by atoms with Crippen molar-refractivity contribution in [1.82, 2.24) is 14.8 Å². The first kappa shape index (κ1) is 16.5. The third-order valence-electron chi connectivity index (χ3n) is 3.30. The van der Waals surface area contributed by atoms with E-state index in [0.29, 0.717) is 17.5 Å². The molecule has 0 aliphatic carbocycles. The molecule has 2 rings (SSSR count). The largest absolute Gasteiger partial charge is 0.469 e. The molecule has 0 saturated heterocycles. The highest BCUT2D eigenvalue weighted by molar-refractivity contribution is 7.99. The van der Waals surface area contributed by atoms with Crippen molar-refractivity contribution >= 4 is 17.5 Å². The summed E-state index contributed by atoms with van der Waals surface area (Å²) in [5.74, 6) is 2.09. The molecule has 0 aromatic carbocycles. The van der Waals surface area contributed by atoms with E-state index in [1.54, 1.807) is 12.3 Å². The van der Waals surface area contributed by atoms with Crippen LogP contribution in [0.15, 0.2) is 34.6 Å². The van der Waals surface area contributed by atoms with E-state index >= 15 is 0 Å². The van der Waals surface area contributed by atoms with Crippen LogP contribution in [0.4, 0.5) is 0 Å². The number of hydrogen-bond acceptors (Lipinski definition) is 5.